The highest BCUT2D eigenvalue weighted by Gasteiger charge is 2.12. The minimum Gasteiger partial charge on any atom is -0.491 e. The molecule has 0 saturated carbocycles. The molecule has 2 aromatic heterocycles. The molecule has 0 bridgehead atoms. The first-order valence-electron chi connectivity index (χ1n) is 9.95. The lowest BCUT2D eigenvalue weighted by Gasteiger charge is -2.10. The van der Waals surface area contributed by atoms with Crippen LogP contribution in [0.4, 0.5) is 0 Å². The molecule has 0 amide bonds. The van der Waals surface area contributed by atoms with Crippen LogP contribution in [0.25, 0.3) is 22.8 Å². The molecule has 2 heterocycles. The first kappa shape index (κ1) is 20.6. The zero-order valence-corrected chi connectivity index (χ0v) is 17.4. The van der Waals surface area contributed by atoms with Gasteiger partial charge in [-0.05, 0) is 42.8 Å². The molecule has 7 nitrogen and oxygen atoms in total. The molecule has 0 unspecified atom stereocenters. The number of nitrogens with zero attached hydrogens (tertiary/aromatic N) is 3. The maximum Gasteiger partial charge on any atom is 0.258 e. The second kappa shape index (κ2) is 9.40. The van der Waals surface area contributed by atoms with Crippen LogP contribution in [-0.2, 0) is 11.3 Å². The summed E-state index contributed by atoms with van der Waals surface area (Å²) in [7, 11) is 1.63. The van der Waals surface area contributed by atoms with Crippen molar-refractivity contribution in [1.82, 2.24) is 14.7 Å². The maximum atomic E-state index is 12.4. The number of benzene rings is 2. The number of hydrogen-bond donors (Lipinski definition) is 0. The number of hydrogen-bond acceptors (Lipinski definition) is 6. The van der Waals surface area contributed by atoms with Crippen LogP contribution in [0.15, 0.2) is 76.2 Å². The summed E-state index contributed by atoms with van der Waals surface area (Å²) >= 11 is 0. The van der Waals surface area contributed by atoms with Gasteiger partial charge < -0.3 is 18.6 Å². The molecule has 0 aliphatic heterocycles. The first-order valence-corrected chi connectivity index (χ1v) is 9.95. The van der Waals surface area contributed by atoms with Crippen LogP contribution in [0.1, 0.15) is 11.1 Å². The summed E-state index contributed by atoms with van der Waals surface area (Å²) in [6.45, 7) is 3.40. The van der Waals surface area contributed by atoms with Gasteiger partial charge in [0.15, 0.2) is 0 Å². The lowest BCUT2D eigenvalue weighted by Crippen LogP contribution is -2.19. The van der Waals surface area contributed by atoms with E-state index in [1.807, 2.05) is 55.5 Å². The summed E-state index contributed by atoms with van der Waals surface area (Å²) in [6, 6.07) is 18.7. The average Bonchev–Trinajstić information content (AvgIpc) is 3.27. The van der Waals surface area contributed by atoms with Gasteiger partial charge in [0.25, 0.3) is 11.4 Å². The molecule has 0 spiro atoms. The fraction of sp³-hybridized carbons (Fsp3) is 0.208. The maximum absolute atomic E-state index is 12.4. The average molecular weight is 417 g/mol. The summed E-state index contributed by atoms with van der Waals surface area (Å²) in [5.74, 6) is 1.61. The largest absolute Gasteiger partial charge is 0.491 e. The van der Waals surface area contributed by atoms with E-state index in [0.29, 0.717) is 37.0 Å². The van der Waals surface area contributed by atoms with Crippen LogP contribution in [0.5, 0.6) is 5.75 Å². The molecule has 0 atom stereocenters. The molecule has 31 heavy (non-hydrogen) atoms. The quantitative estimate of drug-likeness (QED) is 0.404. The van der Waals surface area contributed by atoms with Gasteiger partial charge in [-0.2, -0.15) is 4.98 Å². The third kappa shape index (κ3) is 5.07. The van der Waals surface area contributed by atoms with Crippen molar-refractivity contribution in [2.75, 3.05) is 20.3 Å². The van der Waals surface area contributed by atoms with E-state index < -0.39 is 0 Å². The Morgan fingerprint density at radius 1 is 1.00 bits per heavy atom. The van der Waals surface area contributed by atoms with Crippen LogP contribution in [0, 0.1) is 6.92 Å². The summed E-state index contributed by atoms with van der Waals surface area (Å²) in [5.41, 5.74) is 3.54. The molecule has 0 radical (unpaired) electrons. The van der Waals surface area contributed by atoms with Gasteiger partial charge >= 0.3 is 0 Å². The van der Waals surface area contributed by atoms with E-state index in [-0.39, 0.29) is 5.56 Å². The van der Waals surface area contributed by atoms with Crippen LogP contribution in [-0.4, -0.2) is 35.0 Å². The second-order valence-corrected chi connectivity index (χ2v) is 7.16. The number of methoxy groups -OCH3 is 1. The number of rotatable bonds is 8. The standard InChI is InChI=1S/C24H23N3O4/c1-17-6-8-19(9-7-17)24-25-23(26-31-24)20-10-11-22(28)27(16-20)15-18-4-3-5-21(14-18)30-13-12-29-2/h3-11,14,16H,12-13,15H2,1-2H3. The Morgan fingerprint density at radius 3 is 2.61 bits per heavy atom. The van der Waals surface area contributed by atoms with Crippen molar-refractivity contribution >= 4 is 0 Å². The number of ether oxygens (including phenoxy) is 2. The van der Waals surface area contributed by atoms with Crippen molar-refractivity contribution in [1.29, 1.82) is 0 Å². The number of aromatic nitrogens is 3. The van der Waals surface area contributed by atoms with E-state index in [2.05, 4.69) is 10.1 Å². The van der Waals surface area contributed by atoms with E-state index in [1.54, 1.807) is 23.9 Å². The molecule has 0 N–H and O–H groups in total. The molecular weight excluding hydrogens is 394 g/mol. The Kier molecular flexibility index (Phi) is 6.24. The smallest absolute Gasteiger partial charge is 0.258 e. The van der Waals surface area contributed by atoms with E-state index in [4.69, 9.17) is 14.0 Å². The molecule has 0 aliphatic carbocycles. The topological polar surface area (TPSA) is 79.4 Å². The summed E-state index contributed by atoms with van der Waals surface area (Å²) in [6.07, 6.45) is 1.74. The molecule has 0 saturated heterocycles. The molecular formula is C24H23N3O4. The molecule has 0 fully saturated rings. The van der Waals surface area contributed by atoms with Gasteiger partial charge in [-0.25, -0.2) is 0 Å². The predicted octanol–water partition coefficient (Wildman–Crippen LogP) is 3.95. The summed E-state index contributed by atoms with van der Waals surface area (Å²) in [4.78, 5) is 16.9. The summed E-state index contributed by atoms with van der Waals surface area (Å²) in [5, 5.41) is 4.09. The van der Waals surface area contributed by atoms with E-state index in [0.717, 1.165) is 22.4 Å². The molecule has 158 valence electrons. The van der Waals surface area contributed by atoms with Crippen molar-refractivity contribution in [2.24, 2.45) is 0 Å². The minimum atomic E-state index is -0.114. The van der Waals surface area contributed by atoms with Crippen LogP contribution in [0.2, 0.25) is 0 Å². The van der Waals surface area contributed by atoms with Gasteiger partial charge in [0.05, 0.1) is 13.2 Å². The highest BCUT2D eigenvalue weighted by Crippen LogP contribution is 2.22. The van der Waals surface area contributed by atoms with Gasteiger partial charge in [-0.1, -0.05) is 35.0 Å². The summed E-state index contributed by atoms with van der Waals surface area (Å²) < 4.78 is 17.7. The monoisotopic (exact) mass is 417 g/mol. The molecule has 4 rings (SSSR count). The molecule has 0 aliphatic rings. The van der Waals surface area contributed by atoms with Crippen molar-refractivity contribution in [3.05, 3.63) is 88.3 Å². The Balaban J connectivity index is 1.55. The van der Waals surface area contributed by atoms with Crippen molar-refractivity contribution in [2.45, 2.75) is 13.5 Å². The fourth-order valence-electron chi connectivity index (χ4n) is 3.11. The highest BCUT2D eigenvalue weighted by molar-refractivity contribution is 5.59. The van der Waals surface area contributed by atoms with Gasteiger partial charge in [0.2, 0.25) is 5.82 Å². The van der Waals surface area contributed by atoms with Crippen LogP contribution in [0.3, 0.4) is 0 Å². The lowest BCUT2D eigenvalue weighted by atomic mass is 10.1. The normalized spacial score (nSPS) is 10.9. The third-order valence-electron chi connectivity index (χ3n) is 4.77. The number of aryl methyl sites for hydroxylation is 1. The van der Waals surface area contributed by atoms with Crippen molar-refractivity contribution in [3.8, 4) is 28.6 Å². The molecule has 4 aromatic rings. The lowest BCUT2D eigenvalue weighted by molar-refractivity contribution is 0.146. The van der Waals surface area contributed by atoms with Crippen molar-refractivity contribution in [3.63, 3.8) is 0 Å². The Morgan fingerprint density at radius 2 is 1.81 bits per heavy atom. The van der Waals surface area contributed by atoms with Gasteiger partial charge in [0, 0.05) is 30.5 Å². The Labute approximate surface area is 179 Å². The van der Waals surface area contributed by atoms with Gasteiger partial charge in [0.1, 0.15) is 12.4 Å². The zero-order chi connectivity index (χ0) is 21.6. The Bertz CT molecular complexity index is 1210. The number of pyridine rings is 1. The van der Waals surface area contributed by atoms with Crippen molar-refractivity contribution < 1.29 is 14.0 Å². The SMILES string of the molecule is COCCOc1cccc(Cn2cc(-c3noc(-c4ccc(C)cc4)n3)ccc2=O)c1. The van der Waals surface area contributed by atoms with Gasteiger partial charge in [-0.3, -0.25) is 4.79 Å². The van der Waals surface area contributed by atoms with Crippen LogP contribution < -0.4 is 10.3 Å². The fourth-order valence-corrected chi connectivity index (χ4v) is 3.11. The van der Waals surface area contributed by atoms with Crippen LogP contribution >= 0.6 is 0 Å². The van der Waals surface area contributed by atoms with E-state index in [1.165, 1.54) is 6.07 Å². The second-order valence-electron chi connectivity index (χ2n) is 7.16. The third-order valence-corrected chi connectivity index (χ3v) is 4.77. The van der Waals surface area contributed by atoms with E-state index in [9.17, 15) is 4.79 Å². The minimum absolute atomic E-state index is 0.114. The molecule has 7 heteroatoms. The first-order chi connectivity index (χ1) is 15.1. The van der Waals surface area contributed by atoms with E-state index >= 15 is 0 Å². The molecule has 2 aromatic carbocycles. The van der Waals surface area contributed by atoms with Gasteiger partial charge in [-0.15, -0.1) is 0 Å². The Hall–Kier alpha value is -3.71. The predicted molar refractivity (Wildman–Crippen MR) is 117 cm³/mol. The zero-order valence-electron chi connectivity index (χ0n) is 17.4. The highest BCUT2D eigenvalue weighted by atomic mass is 16.5.